The number of nitrogens with one attached hydrogen (secondary N) is 2. The van der Waals surface area contributed by atoms with Crippen molar-refractivity contribution in [3.63, 3.8) is 0 Å². The molecule has 1 heterocycles. The molecule has 6 nitrogen and oxygen atoms in total. The molecular formula is C17H24FN3O3. The molecule has 1 fully saturated rings. The van der Waals surface area contributed by atoms with E-state index in [1.54, 1.807) is 11.0 Å². The van der Waals surface area contributed by atoms with Gasteiger partial charge in [-0.15, -0.1) is 0 Å². The minimum atomic E-state index is -0.562. The van der Waals surface area contributed by atoms with Crippen molar-refractivity contribution in [2.24, 2.45) is 0 Å². The lowest BCUT2D eigenvalue weighted by Gasteiger charge is -2.24. The maximum absolute atomic E-state index is 13.5. The minimum Gasteiger partial charge on any atom is -0.376 e. The van der Waals surface area contributed by atoms with Gasteiger partial charge in [-0.25, -0.2) is 9.18 Å². The summed E-state index contributed by atoms with van der Waals surface area (Å²) in [5.41, 5.74) is -0.00241. The van der Waals surface area contributed by atoms with Crippen LogP contribution in [0.3, 0.4) is 0 Å². The third-order valence-corrected chi connectivity index (χ3v) is 3.92. The van der Waals surface area contributed by atoms with Crippen LogP contribution >= 0.6 is 0 Å². The lowest BCUT2D eigenvalue weighted by Crippen LogP contribution is -2.45. The number of hydrogen-bond acceptors (Lipinski definition) is 3. The molecule has 0 aromatic heterocycles. The molecule has 0 bridgehead atoms. The Bertz CT molecular complexity index is 562. The van der Waals surface area contributed by atoms with Crippen LogP contribution in [-0.4, -0.2) is 55.7 Å². The fourth-order valence-electron chi connectivity index (χ4n) is 2.59. The van der Waals surface area contributed by atoms with Crippen molar-refractivity contribution in [2.75, 3.05) is 32.8 Å². The molecule has 7 heteroatoms. The molecule has 1 atom stereocenters. The van der Waals surface area contributed by atoms with Crippen LogP contribution in [0.1, 0.15) is 30.1 Å². The average Bonchev–Trinajstić information content (AvgIpc) is 3.09. The Balaban J connectivity index is 1.69. The van der Waals surface area contributed by atoms with E-state index in [0.29, 0.717) is 13.1 Å². The summed E-state index contributed by atoms with van der Waals surface area (Å²) >= 11 is 0. The van der Waals surface area contributed by atoms with E-state index >= 15 is 0 Å². The Hall–Kier alpha value is -2.15. The molecular weight excluding hydrogens is 313 g/mol. The second kappa shape index (κ2) is 9.22. The fraction of sp³-hybridized carbons (Fsp3) is 0.529. The quantitative estimate of drug-likeness (QED) is 0.745. The topological polar surface area (TPSA) is 70.7 Å². The molecule has 0 saturated carbocycles. The molecule has 0 aliphatic carbocycles. The number of urea groups is 1. The van der Waals surface area contributed by atoms with E-state index in [-0.39, 0.29) is 30.8 Å². The first-order chi connectivity index (χ1) is 11.6. The number of hydrogen-bond donors (Lipinski definition) is 2. The molecule has 2 N–H and O–H groups in total. The van der Waals surface area contributed by atoms with Gasteiger partial charge in [-0.2, -0.15) is 0 Å². The lowest BCUT2D eigenvalue weighted by molar-refractivity contribution is 0.0826. The molecule has 1 saturated heterocycles. The SMILES string of the molecule is CCN(C[C@@H]1CCCO1)C(=O)NCCNC(=O)c1ccccc1F. The highest BCUT2D eigenvalue weighted by atomic mass is 19.1. The zero-order chi connectivity index (χ0) is 17.4. The second-order valence-electron chi connectivity index (χ2n) is 5.64. The number of nitrogens with zero attached hydrogens (tertiary/aromatic N) is 1. The van der Waals surface area contributed by atoms with E-state index in [0.717, 1.165) is 19.4 Å². The number of halogens is 1. The molecule has 1 aliphatic heterocycles. The van der Waals surface area contributed by atoms with Gasteiger partial charge in [0.25, 0.3) is 5.91 Å². The number of rotatable bonds is 7. The van der Waals surface area contributed by atoms with E-state index in [4.69, 9.17) is 4.74 Å². The number of likely N-dealkylation sites (N-methyl/N-ethyl adjacent to an activating group) is 1. The summed E-state index contributed by atoms with van der Waals surface area (Å²) in [6.45, 7) is 4.34. The van der Waals surface area contributed by atoms with Crippen LogP contribution in [0.4, 0.5) is 9.18 Å². The van der Waals surface area contributed by atoms with Gasteiger partial charge in [0.15, 0.2) is 0 Å². The zero-order valence-corrected chi connectivity index (χ0v) is 13.9. The van der Waals surface area contributed by atoms with Gasteiger partial charge in [-0.1, -0.05) is 12.1 Å². The van der Waals surface area contributed by atoms with Crippen LogP contribution in [0.5, 0.6) is 0 Å². The largest absolute Gasteiger partial charge is 0.376 e. The third-order valence-electron chi connectivity index (χ3n) is 3.92. The first-order valence-corrected chi connectivity index (χ1v) is 8.29. The van der Waals surface area contributed by atoms with Gasteiger partial charge in [0.05, 0.1) is 11.7 Å². The molecule has 2 rings (SSSR count). The Morgan fingerprint density at radius 2 is 2.04 bits per heavy atom. The molecule has 1 aromatic rings. The third kappa shape index (κ3) is 5.19. The summed E-state index contributed by atoms with van der Waals surface area (Å²) in [6, 6.07) is 5.60. The monoisotopic (exact) mass is 337 g/mol. The summed E-state index contributed by atoms with van der Waals surface area (Å²) < 4.78 is 19.0. The number of benzene rings is 1. The zero-order valence-electron chi connectivity index (χ0n) is 13.9. The highest BCUT2D eigenvalue weighted by Crippen LogP contribution is 2.13. The summed E-state index contributed by atoms with van der Waals surface area (Å²) in [7, 11) is 0. The number of carbonyl (C=O) groups excluding carboxylic acids is 2. The molecule has 1 aromatic carbocycles. The smallest absolute Gasteiger partial charge is 0.317 e. The highest BCUT2D eigenvalue weighted by molar-refractivity contribution is 5.94. The number of amides is 3. The summed E-state index contributed by atoms with van der Waals surface area (Å²) in [4.78, 5) is 25.6. The Morgan fingerprint density at radius 1 is 1.29 bits per heavy atom. The fourth-order valence-corrected chi connectivity index (χ4v) is 2.59. The maximum atomic E-state index is 13.5. The van der Waals surface area contributed by atoms with E-state index in [1.807, 2.05) is 6.92 Å². The van der Waals surface area contributed by atoms with E-state index in [9.17, 15) is 14.0 Å². The van der Waals surface area contributed by atoms with Crippen molar-refractivity contribution in [2.45, 2.75) is 25.9 Å². The summed E-state index contributed by atoms with van der Waals surface area (Å²) in [6.07, 6.45) is 2.12. The van der Waals surface area contributed by atoms with Crippen LogP contribution in [0, 0.1) is 5.82 Å². The van der Waals surface area contributed by atoms with Crippen LogP contribution in [0.2, 0.25) is 0 Å². The van der Waals surface area contributed by atoms with Gasteiger partial charge < -0.3 is 20.3 Å². The van der Waals surface area contributed by atoms with Gasteiger partial charge in [0.2, 0.25) is 0 Å². The first-order valence-electron chi connectivity index (χ1n) is 8.29. The number of ether oxygens (including phenoxy) is 1. The number of carbonyl (C=O) groups is 2. The highest BCUT2D eigenvalue weighted by Gasteiger charge is 2.21. The van der Waals surface area contributed by atoms with E-state index in [1.165, 1.54) is 18.2 Å². The molecule has 0 unspecified atom stereocenters. The van der Waals surface area contributed by atoms with Crippen molar-refractivity contribution >= 4 is 11.9 Å². The Labute approximate surface area is 141 Å². The minimum absolute atomic E-state index is 0.00241. The van der Waals surface area contributed by atoms with Crippen molar-refractivity contribution < 1.29 is 18.7 Å². The van der Waals surface area contributed by atoms with E-state index in [2.05, 4.69) is 10.6 Å². The predicted octanol–water partition coefficient (Wildman–Crippen LogP) is 1.77. The van der Waals surface area contributed by atoms with Crippen molar-refractivity contribution in [1.82, 2.24) is 15.5 Å². The van der Waals surface area contributed by atoms with Crippen LogP contribution in [0.15, 0.2) is 24.3 Å². The molecule has 0 radical (unpaired) electrons. The van der Waals surface area contributed by atoms with Gasteiger partial charge in [0, 0.05) is 32.8 Å². The first kappa shape index (κ1) is 18.2. The van der Waals surface area contributed by atoms with Crippen LogP contribution < -0.4 is 10.6 Å². The molecule has 24 heavy (non-hydrogen) atoms. The van der Waals surface area contributed by atoms with Crippen molar-refractivity contribution in [3.05, 3.63) is 35.6 Å². The standard InChI is InChI=1S/C17H24FN3O3/c1-2-21(12-13-6-5-11-24-13)17(23)20-10-9-19-16(22)14-7-3-4-8-15(14)18/h3-4,7-8,13H,2,5-6,9-12H2,1H3,(H,19,22)(H,20,23)/t13-/m0/s1. The second-order valence-corrected chi connectivity index (χ2v) is 5.64. The molecule has 0 spiro atoms. The lowest BCUT2D eigenvalue weighted by atomic mass is 10.2. The van der Waals surface area contributed by atoms with Gasteiger partial charge in [0.1, 0.15) is 5.82 Å². The summed E-state index contributed by atoms with van der Waals surface area (Å²) in [5.74, 6) is -1.05. The van der Waals surface area contributed by atoms with Crippen LogP contribution in [-0.2, 0) is 4.74 Å². The average molecular weight is 337 g/mol. The van der Waals surface area contributed by atoms with Gasteiger partial charge >= 0.3 is 6.03 Å². The van der Waals surface area contributed by atoms with Gasteiger partial charge in [-0.05, 0) is 31.9 Å². The molecule has 3 amide bonds. The molecule has 132 valence electrons. The summed E-state index contributed by atoms with van der Waals surface area (Å²) in [5, 5.41) is 5.34. The van der Waals surface area contributed by atoms with Gasteiger partial charge in [-0.3, -0.25) is 4.79 Å². The Kier molecular flexibility index (Phi) is 6.99. The predicted molar refractivity (Wildman–Crippen MR) is 88.4 cm³/mol. The van der Waals surface area contributed by atoms with Crippen molar-refractivity contribution in [3.8, 4) is 0 Å². The maximum Gasteiger partial charge on any atom is 0.317 e. The van der Waals surface area contributed by atoms with Crippen LogP contribution in [0.25, 0.3) is 0 Å². The van der Waals surface area contributed by atoms with E-state index < -0.39 is 11.7 Å². The molecule has 1 aliphatic rings. The Morgan fingerprint density at radius 3 is 2.71 bits per heavy atom. The van der Waals surface area contributed by atoms with Crippen molar-refractivity contribution in [1.29, 1.82) is 0 Å². The normalized spacial score (nSPS) is 16.7.